The Labute approximate surface area is 151 Å². The summed E-state index contributed by atoms with van der Waals surface area (Å²) in [6, 6.07) is 20.7. The van der Waals surface area contributed by atoms with E-state index in [1.165, 1.54) is 0 Å². The van der Waals surface area contributed by atoms with Crippen LogP contribution >= 0.6 is 0 Å². The molecule has 132 valence electrons. The van der Waals surface area contributed by atoms with Crippen molar-refractivity contribution in [2.45, 2.75) is 20.1 Å². The zero-order valence-electron chi connectivity index (χ0n) is 14.4. The van der Waals surface area contributed by atoms with Crippen LogP contribution in [-0.2, 0) is 13.2 Å². The summed E-state index contributed by atoms with van der Waals surface area (Å²) in [6.07, 6.45) is 0. The van der Waals surface area contributed by atoms with E-state index in [0.29, 0.717) is 5.69 Å². The number of carboxylic acids is 1. The summed E-state index contributed by atoms with van der Waals surface area (Å²) in [5, 5.41) is 9.63. The minimum absolute atomic E-state index is 0.0596. The number of carboxylic acid groups (broad SMARTS) is 1. The van der Waals surface area contributed by atoms with Gasteiger partial charge in [-0.3, -0.25) is 0 Å². The number of pyridine rings is 1. The molecule has 26 heavy (non-hydrogen) atoms. The monoisotopic (exact) mass is 349 g/mol. The molecule has 0 aliphatic heterocycles. The van der Waals surface area contributed by atoms with Crippen molar-refractivity contribution in [1.29, 1.82) is 0 Å². The third kappa shape index (κ3) is 4.39. The molecule has 5 heteroatoms. The molecule has 0 aliphatic rings. The van der Waals surface area contributed by atoms with Crippen LogP contribution in [0.25, 0.3) is 0 Å². The number of aromatic carboxylic acids is 1. The average Bonchev–Trinajstić information content (AvgIpc) is 2.65. The predicted octanol–water partition coefficient (Wildman–Crippen LogP) is 4.25. The topological polar surface area (TPSA) is 68.7 Å². The summed E-state index contributed by atoms with van der Waals surface area (Å²) in [4.78, 5) is 16.0. The van der Waals surface area contributed by atoms with Crippen molar-refractivity contribution in [2.24, 2.45) is 0 Å². The van der Waals surface area contributed by atoms with Gasteiger partial charge in [0.25, 0.3) is 0 Å². The maximum Gasteiger partial charge on any atom is 0.345 e. The maximum absolute atomic E-state index is 11.8. The molecule has 0 atom stereocenters. The van der Waals surface area contributed by atoms with Gasteiger partial charge in [0.15, 0.2) is 5.56 Å². The summed E-state index contributed by atoms with van der Waals surface area (Å²) in [7, 11) is 0. The van der Waals surface area contributed by atoms with Gasteiger partial charge in [-0.15, -0.1) is 0 Å². The van der Waals surface area contributed by atoms with E-state index in [1.54, 1.807) is 13.0 Å². The number of aromatic nitrogens is 1. The molecule has 0 saturated heterocycles. The molecule has 5 nitrogen and oxygen atoms in total. The van der Waals surface area contributed by atoms with Gasteiger partial charge in [0, 0.05) is 11.8 Å². The molecule has 1 aromatic heterocycles. The lowest BCUT2D eigenvalue weighted by Gasteiger charge is -2.14. The average molecular weight is 349 g/mol. The van der Waals surface area contributed by atoms with Crippen molar-refractivity contribution in [3.05, 3.63) is 89.1 Å². The quantitative estimate of drug-likeness (QED) is 0.691. The highest BCUT2D eigenvalue weighted by Gasteiger charge is 2.21. The second-order valence-electron chi connectivity index (χ2n) is 5.80. The van der Waals surface area contributed by atoms with Gasteiger partial charge in [0.2, 0.25) is 5.88 Å². The molecule has 0 spiro atoms. The van der Waals surface area contributed by atoms with E-state index in [-0.39, 0.29) is 30.4 Å². The van der Waals surface area contributed by atoms with E-state index in [4.69, 9.17) is 9.47 Å². The Bertz CT molecular complexity index is 815. The van der Waals surface area contributed by atoms with Crippen LogP contribution in [0.5, 0.6) is 11.6 Å². The first-order valence-electron chi connectivity index (χ1n) is 8.22. The van der Waals surface area contributed by atoms with Crippen LogP contribution in [0.1, 0.15) is 27.2 Å². The molecular formula is C21H19NO4. The van der Waals surface area contributed by atoms with Crippen LogP contribution in [0.15, 0.2) is 66.7 Å². The van der Waals surface area contributed by atoms with Gasteiger partial charge in [-0.25, -0.2) is 9.78 Å². The van der Waals surface area contributed by atoms with E-state index in [9.17, 15) is 9.90 Å². The highest BCUT2D eigenvalue weighted by molar-refractivity contribution is 5.93. The molecule has 0 aliphatic carbocycles. The number of ether oxygens (including phenoxy) is 2. The van der Waals surface area contributed by atoms with Crippen molar-refractivity contribution < 1.29 is 19.4 Å². The standard InChI is InChI=1S/C21H19NO4/c1-15-12-18(25-13-16-8-4-2-5-9-16)19(21(23)24)20(22-15)26-14-17-10-6-3-7-11-17/h2-12H,13-14H2,1H3,(H,23,24). The van der Waals surface area contributed by atoms with Crippen molar-refractivity contribution in [1.82, 2.24) is 4.98 Å². The van der Waals surface area contributed by atoms with Gasteiger partial charge in [0.05, 0.1) is 0 Å². The number of carbonyl (C=O) groups is 1. The molecule has 0 radical (unpaired) electrons. The molecule has 0 amide bonds. The Morgan fingerprint density at radius 2 is 1.46 bits per heavy atom. The summed E-state index contributed by atoms with van der Waals surface area (Å²) in [5.41, 5.74) is 2.44. The Balaban J connectivity index is 1.84. The largest absolute Gasteiger partial charge is 0.488 e. The molecule has 3 aromatic rings. The summed E-state index contributed by atoms with van der Waals surface area (Å²) in [5.74, 6) is -0.829. The van der Waals surface area contributed by atoms with Crippen molar-refractivity contribution >= 4 is 5.97 Å². The first kappa shape index (κ1) is 17.5. The number of rotatable bonds is 7. The van der Waals surface area contributed by atoms with Gasteiger partial charge in [0.1, 0.15) is 19.0 Å². The van der Waals surface area contributed by atoms with Crippen molar-refractivity contribution in [3.63, 3.8) is 0 Å². The van der Waals surface area contributed by atoms with Crippen LogP contribution in [0.3, 0.4) is 0 Å². The van der Waals surface area contributed by atoms with Gasteiger partial charge < -0.3 is 14.6 Å². The minimum atomic E-state index is -1.14. The smallest absolute Gasteiger partial charge is 0.345 e. The Hall–Kier alpha value is -3.34. The lowest BCUT2D eigenvalue weighted by atomic mass is 10.2. The lowest BCUT2D eigenvalue weighted by molar-refractivity contribution is 0.0685. The SMILES string of the molecule is Cc1cc(OCc2ccccc2)c(C(=O)O)c(OCc2ccccc2)n1. The first-order chi connectivity index (χ1) is 12.6. The molecule has 0 unspecified atom stereocenters. The zero-order chi connectivity index (χ0) is 18.4. The van der Waals surface area contributed by atoms with Gasteiger partial charge in [-0.05, 0) is 18.1 Å². The summed E-state index contributed by atoms with van der Waals surface area (Å²) in [6.45, 7) is 2.27. The fourth-order valence-electron chi connectivity index (χ4n) is 2.49. The van der Waals surface area contributed by atoms with Gasteiger partial charge >= 0.3 is 5.97 Å². The van der Waals surface area contributed by atoms with Crippen LogP contribution in [-0.4, -0.2) is 16.1 Å². The van der Waals surface area contributed by atoms with Crippen LogP contribution in [0.4, 0.5) is 0 Å². The van der Waals surface area contributed by atoms with E-state index < -0.39 is 5.97 Å². The third-order valence-corrected chi connectivity index (χ3v) is 3.75. The van der Waals surface area contributed by atoms with Crippen LogP contribution < -0.4 is 9.47 Å². The zero-order valence-corrected chi connectivity index (χ0v) is 14.4. The lowest BCUT2D eigenvalue weighted by Crippen LogP contribution is -2.10. The van der Waals surface area contributed by atoms with E-state index in [2.05, 4.69) is 4.98 Å². The normalized spacial score (nSPS) is 10.3. The fourth-order valence-corrected chi connectivity index (χ4v) is 2.49. The molecule has 0 bridgehead atoms. The molecule has 2 aromatic carbocycles. The highest BCUT2D eigenvalue weighted by Crippen LogP contribution is 2.29. The molecule has 1 heterocycles. The third-order valence-electron chi connectivity index (χ3n) is 3.75. The Morgan fingerprint density at radius 3 is 2.00 bits per heavy atom. The number of benzene rings is 2. The molecule has 0 fully saturated rings. The number of nitrogens with zero attached hydrogens (tertiary/aromatic N) is 1. The van der Waals surface area contributed by atoms with E-state index in [0.717, 1.165) is 11.1 Å². The van der Waals surface area contributed by atoms with Gasteiger partial charge in [-0.2, -0.15) is 0 Å². The molecule has 0 saturated carbocycles. The number of hydrogen-bond donors (Lipinski definition) is 1. The van der Waals surface area contributed by atoms with Crippen LogP contribution in [0.2, 0.25) is 0 Å². The Kier molecular flexibility index (Phi) is 5.49. The molecular weight excluding hydrogens is 330 g/mol. The maximum atomic E-state index is 11.8. The van der Waals surface area contributed by atoms with Gasteiger partial charge in [-0.1, -0.05) is 60.7 Å². The second-order valence-corrected chi connectivity index (χ2v) is 5.80. The number of aryl methyl sites for hydroxylation is 1. The predicted molar refractivity (Wildman–Crippen MR) is 97.5 cm³/mol. The van der Waals surface area contributed by atoms with Crippen molar-refractivity contribution in [2.75, 3.05) is 0 Å². The Morgan fingerprint density at radius 1 is 0.923 bits per heavy atom. The fraction of sp³-hybridized carbons (Fsp3) is 0.143. The minimum Gasteiger partial charge on any atom is -0.488 e. The van der Waals surface area contributed by atoms with Crippen LogP contribution in [0, 0.1) is 6.92 Å². The number of hydrogen-bond acceptors (Lipinski definition) is 4. The summed E-state index contributed by atoms with van der Waals surface area (Å²) >= 11 is 0. The molecule has 1 N–H and O–H groups in total. The highest BCUT2D eigenvalue weighted by atomic mass is 16.5. The second kappa shape index (κ2) is 8.16. The van der Waals surface area contributed by atoms with E-state index >= 15 is 0 Å². The molecule has 3 rings (SSSR count). The van der Waals surface area contributed by atoms with Crippen molar-refractivity contribution in [3.8, 4) is 11.6 Å². The summed E-state index contributed by atoms with van der Waals surface area (Å²) < 4.78 is 11.4. The first-order valence-corrected chi connectivity index (χ1v) is 8.22. The van der Waals surface area contributed by atoms with E-state index in [1.807, 2.05) is 60.7 Å².